The summed E-state index contributed by atoms with van der Waals surface area (Å²) in [5.74, 6) is -2.12. The lowest BCUT2D eigenvalue weighted by atomic mass is 10.00. The Bertz CT molecular complexity index is 1510. The largest absolute Gasteiger partial charge is 0.462 e. The summed E-state index contributed by atoms with van der Waals surface area (Å²) in [4.78, 5) is 25.4. The molecule has 2 unspecified atom stereocenters. The highest BCUT2D eigenvalue weighted by atomic mass is 32.2. The molecule has 0 aliphatic carbocycles. The first-order chi connectivity index (χ1) is 30.0. The Labute approximate surface area is 373 Å². The van der Waals surface area contributed by atoms with Crippen molar-refractivity contribution in [3.8, 4) is 0 Å². The molecule has 4 N–H and O–H groups in total. The standard InChI is InChI=1S/C49H78O12S/c1-3-5-7-9-11-13-15-17-19-20-21-22-24-25-27-29-31-33-35-37-44(50)58-39-42(40-59-49-48(54)47(53)46(52)43(61-49)41-62(55,56)57)60-45(51)38-36-34-32-30-28-26-23-18-16-14-12-10-8-6-4-2/h5,7,11-14,17-19,21-23,25,27,31,33,42-43,46-49,52-54H,3-4,6,8-10,15-16,20,24,26,28-30,32,34-41H2,1-2H3,(H,55,56,57)/b7-5+,13-11+,14-12+,19-17+,22-21+,23-18+,27-25+,33-31+/t42-,43-,46-,47?,48?,49+/m1/s1. The van der Waals surface area contributed by atoms with Gasteiger partial charge in [-0.3, -0.25) is 14.1 Å². The van der Waals surface area contributed by atoms with E-state index < -0.39 is 71.2 Å². The smallest absolute Gasteiger partial charge is 0.306 e. The fourth-order valence-electron chi connectivity index (χ4n) is 6.14. The van der Waals surface area contributed by atoms with Crippen LogP contribution in [0.25, 0.3) is 0 Å². The van der Waals surface area contributed by atoms with Gasteiger partial charge in [0.15, 0.2) is 12.4 Å². The maximum absolute atomic E-state index is 12.8. The molecular weight excluding hydrogens is 813 g/mol. The summed E-state index contributed by atoms with van der Waals surface area (Å²) in [6.07, 6.45) is 41.7. The Hall–Kier alpha value is -3.43. The molecule has 6 atom stereocenters. The van der Waals surface area contributed by atoms with Crippen LogP contribution in [0, 0.1) is 0 Å². The molecule has 13 heteroatoms. The topological polar surface area (TPSA) is 186 Å². The first kappa shape index (κ1) is 56.6. The van der Waals surface area contributed by atoms with E-state index in [1.54, 1.807) is 0 Å². The van der Waals surface area contributed by atoms with Gasteiger partial charge >= 0.3 is 11.9 Å². The van der Waals surface area contributed by atoms with Crippen LogP contribution in [0.4, 0.5) is 0 Å². The van der Waals surface area contributed by atoms with Crippen molar-refractivity contribution in [2.45, 2.75) is 179 Å². The number of carbonyl (C=O) groups excluding carboxylic acids is 2. The van der Waals surface area contributed by atoms with Gasteiger partial charge in [0.1, 0.15) is 36.8 Å². The minimum absolute atomic E-state index is 0.0848. The predicted octanol–water partition coefficient (Wildman–Crippen LogP) is 9.44. The SMILES string of the molecule is CC/C=C/C/C=C/C/C=C/C/C=C/C/C=C/C/C=C/CCC(=O)OC[C@H](CO[C@H]1O[C@H](CS(=O)(=O)O)[C@@H](O)C(O)C1O)OC(=O)CCCCCCC/C=C/C/C=C/CCCCC. The number of aliphatic hydroxyl groups is 3. The van der Waals surface area contributed by atoms with Crippen LogP contribution in [0.2, 0.25) is 0 Å². The Morgan fingerprint density at radius 2 is 1.05 bits per heavy atom. The number of unbranched alkanes of at least 4 members (excludes halogenated alkanes) is 8. The van der Waals surface area contributed by atoms with Crippen molar-refractivity contribution in [3.63, 3.8) is 0 Å². The van der Waals surface area contributed by atoms with E-state index in [0.717, 1.165) is 83.5 Å². The van der Waals surface area contributed by atoms with Crippen molar-refractivity contribution < 1.29 is 56.8 Å². The fourth-order valence-corrected chi connectivity index (χ4v) is 6.83. The van der Waals surface area contributed by atoms with Crippen LogP contribution < -0.4 is 0 Å². The average Bonchev–Trinajstić information content (AvgIpc) is 3.24. The molecule has 1 fully saturated rings. The van der Waals surface area contributed by atoms with E-state index >= 15 is 0 Å². The second-order valence-electron chi connectivity index (χ2n) is 15.3. The lowest BCUT2D eigenvalue weighted by Gasteiger charge is -2.40. The fraction of sp³-hybridized carbons (Fsp3) is 0.633. The molecule has 0 aromatic rings. The van der Waals surface area contributed by atoms with Crippen molar-refractivity contribution in [1.82, 2.24) is 0 Å². The van der Waals surface area contributed by atoms with E-state index in [2.05, 4.69) is 98.9 Å². The molecule has 0 amide bonds. The predicted molar refractivity (Wildman–Crippen MR) is 247 cm³/mol. The van der Waals surface area contributed by atoms with Gasteiger partial charge < -0.3 is 34.3 Å². The van der Waals surface area contributed by atoms with Gasteiger partial charge in [-0.2, -0.15) is 8.42 Å². The molecule has 0 saturated carbocycles. The highest BCUT2D eigenvalue weighted by Gasteiger charge is 2.46. The highest BCUT2D eigenvalue weighted by molar-refractivity contribution is 7.85. The van der Waals surface area contributed by atoms with Crippen molar-refractivity contribution in [2.75, 3.05) is 19.0 Å². The monoisotopic (exact) mass is 891 g/mol. The van der Waals surface area contributed by atoms with Gasteiger partial charge in [-0.05, 0) is 83.5 Å². The summed E-state index contributed by atoms with van der Waals surface area (Å²) >= 11 is 0. The Balaban J connectivity index is 2.52. The van der Waals surface area contributed by atoms with Crippen LogP contribution in [0.3, 0.4) is 0 Å². The molecule has 1 heterocycles. The molecule has 0 aromatic carbocycles. The van der Waals surface area contributed by atoms with Crippen LogP contribution in [-0.2, 0) is 38.7 Å². The van der Waals surface area contributed by atoms with Crippen molar-refractivity contribution in [3.05, 3.63) is 97.2 Å². The zero-order chi connectivity index (χ0) is 45.5. The summed E-state index contributed by atoms with van der Waals surface area (Å²) in [7, 11) is -4.62. The van der Waals surface area contributed by atoms with E-state index in [1.807, 2.05) is 12.2 Å². The molecule has 1 aliphatic rings. The van der Waals surface area contributed by atoms with Crippen LogP contribution in [0.5, 0.6) is 0 Å². The Kier molecular flexibility index (Phi) is 34.7. The normalized spacial score (nSPS) is 20.8. The lowest BCUT2D eigenvalue weighted by Crippen LogP contribution is -2.60. The molecule has 0 bridgehead atoms. The number of hydrogen-bond acceptors (Lipinski definition) is 11. The Morgan fingerprint density at radius 3 is 1.58 bits per heavy atom. The molecule has 0 spiro atoms. The zero-order valence-corrected chi connectivity index (χ0v) is 38.2. The molecule has 1 saturated heterocycles. The van der Waals surface area contributed by atoms with Crippen molar-refractivity contribution in [2.24, 2.45) is 0 Å². The van der Waals surface area contributed by atoms with Crippen molar-refractivity contribution in [1.29, 1.82) is 0 Å². The molecule has 352 valence electrons. The van der Waals surface area contributed by atoms with Crippen LogP contribution in [0.15, 0.2) is 97.2 Å². The first-order valence-electron chi connectivity index (χ1n) is 22.8. The van der Waals surface area contributed by atoms with E-state index in [4.69, 9.17) is 18.9 Å². The number of ether oxygens (including phenoxy) is 4. The van der Waals surface area contributed by atoms with Crippen LogP contribution in [-0.4, -0.2) is 96.0 Å². The van der Waals surface area contributed by atoms with Gasteiger partial charge in [0.2, 0.25) is 0 Å². The minimum Gasteiger partial charge on any atom is -0.462 e. The third-order valence-electron chi connectivity index (χ3n) is 9.66. The van der Waals surface area contributed by atoms with E-state index in [1.165, 1.54) is 19.3 Å². The summed E-state index contributed by atoms with van der Waals surface area (Å²) in [5.41, 5.74) is 0. The number of hydrogen-bond donors (Lipinski definition) is 4. The second kappa shape index (κ2) is 38.1. The number of allylic oxidation sites excluding steroid dienone is 16. The van der Waals surface area contributed by atoms with E-state index in [0.29, 0.717) is 12.8 Å². The molecule has 0 aromatic heterocycles. The second-order valence-corrected chi connectivity index (χ2v) is 16.8. The quantitative estimate of drug-likeness (QED) is 0.0202. The van der Waals surface area contributed by atoms with Gasteiger partial charge in [0.25, 0.3) is 10.1 Å². The minimum atomic E-state index is -4.62. The number of esters is 2. The molecule has 12 nitrogen and oxygen atoms in total. The van der Waals surface area contributed by atoms with Crippen LogP contribution in [0.1, 0.15) is 142 Å². The average molecular weight is 891 g/mol. The summed E-state index contributed by atoms with van der Waals surface area (Å²) in [6, 6.07) is 0. The van der Waals surface area contributed by atoms with Crippen molar-refractivity contribution >= 4 is 22.1 Å². The summed E-state index contributed by atoms with van der Waals surface area (Å²) < 4.78 is 54.0. The molecule has 1 aliphatic heterocycles. The zero-order valence-electron chi connectivity index (χ0n) is 37.4. The lowest BCUT2D eigenvalue weighted by molar-refractivity contribution is -0.297. The van der Waals surface area contributed by atoms with Gasteiger partial charge in [0.05, 0.1) is 6.61 Å². The number of rotatable bonds is 36. The highest BCUT2D eigenvalue weighted by Crippen LogP contribution is 2.24. The number of aliphatic hydroxyl groups excluding tert-OH is 3. The maximum Gasteiger partial charge on any atom is 0.306 e. The third kappa shape index (κ3) is 32.3. The maximum atomic E-state index is 12.8. The third-order valence-corrected chi connectivity index (χ3v) is 10.4. The molecule has 0 radical (unpaired) electrons. The molecule has 62 heavy (non-hydrogen) atoms. The Morgan fingerprint density at radius 1 is 0.565 bits per heavy atom. The summed E-state index contributed by atoms with van der Waals surface area (Å²) in [6.45, 7) is 3.52. The van der Waals surface area contributed by atoms with E-state index in [-0.39, 0.29) is 19.4 Å². The molecule has 1 rings (SSSR count). The molecular formula is C49H78O12S. The first-order valence-corrected chi connectivity index (χ1v) is 24.4. The summed E-state index contributed by atoms with van der Waals surface area (Å²) in [5, 5.41) is 30.9. The van der Waals surface area contributed by atoms with Gasteiger partial charge in [-0.25, -0.2) is 0 Å². The van der Waals surface area contributed by atoms with Gasteiger partial charge in [-0.15, -0.1) is 0 Å². The van der Waals surface area contributed by atoms with Gasteiger partial charge in [-0.1, -0.05) is 143 Å². The van der Waals surface area contributed by atoms with Gasteiger partial charge in [0, 0.05) is 12.8 Å². The van der Waals surface area contributed by atoms with Crippen LogP contribution >= 0.6 is 0 Å². The van der Waals surface area contributed by atoms with E-state index in [9.17, 15) is 37.9 Å². The number of carbonyl (C=O) groups is 2.